The molecule has 106 valence electrons. The molecule has 3 heteroatoms. The molecule has 0 fully saturated rings. The Morgan fingerprint density at radius 2 is 1.90 bits per heavy atom. The maximum absolute atomic E-state index is 11.3. The SMILES string of the molecule is CC[C@H](C)[C@H](NCc1cccc2ccccc12)C(=O)O. The van der Waals surface area contributed by atoms with Gasteiger partial charge in [0, 0.05) is 6.54 Å². The molecule has 0 aliphatic carbocycles. The van der Waals surface area contributed by atoms with Crippen molar-refractivity contribution in [3.63, 3.8) is 0 Å². The lowest BCUT2D eigenvalue weighted by Crippen LogP contribution is -2.41. The molecule has 0 aliphatic rings. The van der Waals surface area contributed by atoms with Gasteiger partial charge in [0.2, 0.25) is 0 Å². The van der Waals surface area contributed by atoms with Crippen LogP contribution in [0.2, 0.25) is 0 Å². The number of fused-ring (bicyclic) bond motifs is 1. The standard InChI is InChI=1S/C17H21NO2/c1-3-12(2)16(17(19)20)18-11-14-9-6-8-13-7-4-5-10-15(13)14/h4-10,12,16,18H,3,11H2,1-2H3,(H,19,20)/t12-,16-/m0/s1. The molecule has 0 bridgehead atoms. The molecule has 0 saturated carbocycles. The van der Waals surface area contributed by atoms with Crippen LogP contribution in [0.3, 0.4) is 0 Å². The van der Waals surface area contributed by atoms with E-state index in [4.69, 9.17) is 0 Å². The van der Waals surface area contributed by atoms with E-state index in [9.17, 15) is 9.90 Å². The summed E-state index contributed by atoms with van der Waals surface area (Å²) in [5, 5.41) is 14.8. The van der Waals surface area contributed by atoms with Crippen LogP contribution in [0.4, 0.5) is 0 Å². The van der Waals surface area contributed by atoms with E-state index in [0.29, 0.717) is 6.54 Å². The largest absolute Gasteiger partial charge is 0.480 e. The lowest BCUT2D eigenvalue weighted by Gasteiger charge is -2.20. The first-order valence-corrected chi connectivity index (χ1v) is 7.06. The van der Waals surface area contributed by atoms with Gasteiger partial charge >= 0.3 is 5.97 Å². The number of carbonyl (C=O) groups is 1. The number of hydrogen-bond acceptors (Lipinski definition) is 2. The van der Waals surface area contributed by atoms with Gasteiger partial charge in [-0.25, -0.2) is 0 Å². The fourth-order valence-electron chi connectivity index (χ4n) is 2.43. The van der Waals surface area contributed by atoms with Gasteiger partial charge in [0.25, 0.3) is 0 Å². The molecule has 20 heavy (non-hydrogen) atoms. The van der Waals surface area contributed by atoms with Crippen molar-refractivity contribution in [2.45, 2.75) is 32.9 Å². The highest BCUT2D eigenvalue weighted by molar-refractivity contribution is 5.85. The van der Waals surface area contributed by atoms with Gasteiger partial charge in [0.05, 0.1) is 0 Å². The van der Waals surface area contributed by atoms with E-state index in [1.165, 1.54) is 10.8 Å². The number of hydrogen-bond donors (Lipinski definition) is 2. The molecule has 2 rings (SSSR count). The van der Waals surface area contributed by atoms with E-state index in [1.54, 1.807) is 0 Å². The van der Waals surface area contributed by atoms with E-state index in [-0.39, 0.29) is 5.92 Å². The molecule has 0 radical (unpaired) electrons. The summed E-state index contributed by atoms with van der Waals surface area (Å²) >= 11 is 0. The van der Waals surface area contributed by atoms with Crippen molar-refractivity contribution in [1.29, 1.82) is 0 Å². The van der Waals surface area contributed by atoms with Crippen molar-refractivity contribution in [2.75, 3.05) is 0 Å². The van der Waals surface area contributed by atoms with Crippen molar-refractivity contribution in [1.82, 2.24) is 5.32 Å². The fraction of sp³-hybridized carbons (Fsp3) is 0.353. The van der Waals surface area contributed by atoms with Crippen molar-refractivity contribution >= 4 is 16.7 Å². The normalized spacial score (nSPS) is 14.1. The summed E-state index contributed by atoms with van der Waals surface area (Å²) < 4.78 is 0. The first-order chi connectivity index (χ1) is 9.63. The van der Waals surface area contributed by atoms with Gasteiger partial charge in [0.1, 0.15) is 6.04 Å². The van der Waals surface area contributed by atoms with E-state index >= 15 is 0 Å². The topological polar surface area (TPSA) is 49.3 Å². The summed E-state index contributed by atoms with van der Waals surface area (Å²) in [6.45, 7) is 4.55. The molecule has 2 aromatic carbocycles. The summed E-state index contributed by atoms with van der Waals surface area (Å²) in [6.07, 6.45) is 0.847. The first-order valence-electron chi connectivity index (χ1n) is 7.06. The molecular weight excluding hydrogens is 250 g/mol. The molecule has 0 spiro atoms. The zero-order valence-electron chi connectivity index (χ0n) is 12.0. The molecule has 3 nitrogen and oxygen atoms in total. The average Bonchev–Trinajstić information content (AvgIpc) is 2.47. The molecule has 2 N–H and O–H groups in total. The monoisotopic (exact) mass is 271 g/mol. The molecule has 2 aromatic rings. The van der Waals surface area contributed by atoms with Crippen LogP contribution in [0.1, 0.15) is 25.8 Å². The molecular formula is C17H21NO2. The molecule has 0 aliphatic heterocycles. The van der Waals surface area contributed by atoms with Crippen LogP contribution < -0.4 is 5.32 Å². The van der Waals surface area contributed by atoms with Gasteiger partial charge in [-0.3, -0.25) is 4.79 Å². The van der Waals surface area contributed by atoms with Crippen LogP contribution in [-0.4, -0.2) is 17.1 Å². The highest BCUT2D eigenvalue weighted by Gasteiger charge is 2.22. The second kappa shape index (κ2) is 6.53. The summed E-state index contributed by atoms with van der Waals surface area (Å²) in [6, 6.07) is 13.8. The van der Waals surface area contributed by atoms with Crippen molar-refractivity contribution in [3.8, 4) is 0 Å². The van der Waals surface area contributed by atoms with Crippen molar-refractivity contribution in [2.24, 2.45) is 5.92 Å². The van der Waals surface area contributed by atoms with Crippen LogP contribution in [0.15, 0.2) is 42.5 Å². The van der Waals surface area contributed by atoms with Crippen molar-refractivity contribution < 1.29 is 9.90 Å². The second-order valence-corrected chi connectivity index (χ2v) is 5.22. The number of rotatable bonds is 6. The zero-order chi connectivity index (χ0) is 14.5. The Hall–Kier alpha value is -1.87. The van der Waals surface area contributed by atoms with E-state index in [2.05, 4.69) is 23.5 Å². The fourth-order valence-corrected chi connectivity index (χ4v) is 2.43. The van der Waals surface area contributed by atoms with Gasteiger partial charge in [0.15, 0.2) is 0 Å². The van der Waals surface area contributed by atoms with Crippen LogP contribution in [0.25, 0.3) is 10.8 Å². The number of nitrogens with one attached hydrogen (secondary N) is 1. The highest BCUT2D eigenvalue weighted by atomic mass is 16.4. The lowest BCUT2D eigenvalue weighted by atomic mass is 9.98. The minimum Gasteiger partial charge on any atom is -0.480 e. The first kappa shape index (κ1) is 14.5. The Morgan fingerprint density at radius 1 is 1.20 bits per heavy atom. The Morgan fingerprint density at radius 3 is 2.60 bits per heavy atom. The van der Waals surface area contributed by atoms with Crippen LogP contribution in [-0.2, 0) is 11.3 Å². The third-order valence-corrected chi connectivity index (χ3v) is 3.87. The highest BCUT2D eigenvalue weighted by Crippen LogP contribution is 2.19. The third-order valence-electron chi connectivity index (χ3n) is 3.87. The minimum absolute atomic E-state index is 0.113. The molecule has 2 atom stereocenters. The van der Waals surface area contributed by atoms with Crippen LogP contribution in [0.5, 0.6) is 0 Å². The Bertz CT molecular complexity index is 589. The smallest absolute Gasteiger partial charge is 0.320 e. The second-order valence-electron chi connectivity index (χ2n) is 5.22. The summed E-state index contributed by atoms with van der Waals surface area (Å²) in [7, 11) is 0. The Balaban J connectivity index is 2.18. The summed E-state index contributed by atoms with van der Waals surface area (Å²) in [5.41, 5.74) is 1.14. The third kappa shape index (κ3) is 3.17. The van der Waals surface area contributed by atoms with Gasteiger partial charge in [-0.05, 0) is 22.3 Å². The zero-order valence-corrected chi connectivity index (χ0v) is 12.0. The minimum atomic E-state index is -0.778. The van der Waals surface area contributed by atoms with Crippen LogP contribution in [0, 0.1) is 5.92 Å². The molecule has 0 aromatic heterocycles. The van der Waals surface area contributed by atoms with Gasteiger partial charge in [-0.2, -0.15) is 0 Å². The maximum Gasteiger partial charge on any atom is 0.320 e. The Kier molecular flexibility index (Phi) is 4.74. The quantitative estimate of drug-likeness (QED) is 0.846. The molecule has 0 unspecified atom stereocenters. The number of benzene rings is 2. The molecule has 0 amide bonds. The Labute approximate surface area is 119 Å². The van der Waals surface area contributed by atoms with Crippen LogP contribution >= 0.6 is 0 Å². The lowest BCUT2D eigenvalue weighted by molar-refractivity contribution is -0.140. The predicted octanol–water partition coefficient (Wildman–Crippen LogP) is 3.43. The van der Waals surface area contributed by atoms with Gasteiger partial charge < -0.3 is 10.4 Å². The van der Waals surface area contributed by atoms with Gasteiger partial charge in [-0.15, -0.1) is 0 Å². The number of carboxylic acids is 1. The number of carboxylic acid groups (broad SMARTS) is 1. The summed E-state index contributed by atoms with van der Waals surface area (Å²) in [5.74, 6) is -0.665. The predicted molar refractivity (Wildman–Crippen MR) is 81.7 cm³/mol. The molecule has 0 heterocycles. The van der Waals surface area contributed by atoms with E-state index in [0.717, 1.165) is 12.0 Å². The maximum atomic E-state index is 11.3. The van der Waals surface area contributed by atoms with E-state index in [1.807, 2.05) is 38.1 Å². The average molecular weight is 271 g/mol. The van der Waals surface area contributed by atoms with Crippen molar-refractivity contribution in [3.05, 3.63) is 48.0 Å². The summed E-state index contributed by atoms with van der Waals surface area (Å²) in [4.78, 5) is 11.3. The molecule has 0 saturated heterocycles. The van der Waals surface area contributed by atoms with Gasteiger partial charge in [-0.1, -0.05) is 62.7 Å². The number of aliphatic carboxylic acids is 1. The van der Waals surface area contributed by atoms with E-state index < -0.39 is 12.0 Å².